The fourth-order valence-corrected chi connectivity index (χ4v) is 5.57. The molecule has 2 N–H and O–H groups in total. The van der Waals surface area contributed by atoms with Gasteiger partial charge in [0.05, 0.1) is 28.5 Å². The smallest absolute Gasteiger partial charge is 0.123 e. The highest BCUT2D eigenvalue weighted by molar-refractivity contribution is 6.42. The van der Waals surface area contributed by atoms with Gasteiger partial charge < -0.3 is 24.9 Å². The molecule has 1 saturated heterocycles. The predicted molar refractivity (Wildman–Crippen MR) is 159 cm³/mol. The van der Waals surface area contributed by atoms with Crippen LogP contribution in [0.15, 0.2) is 78.0 Å². The van der Waals surface area contributed by atoms with Crippen LogP contribution in [-0.2, 0) is 17.0 Å². The van der Waals surface area contributed by atoms with Crippen molar-refractivity contribution in [3.8, 4) is 5.75 Å². The highest BCUT2D eigenvalue weighted by Crippen LogP contribution is 2.34. The van der Waals surface area contributed by atoms with Gasteiger partial charge in [0.1, 0.15) is 12.9 Å². The molecule has 8 heteroatoms. The van der Waals surface area contributed by atoms with Crippen LogP contribution in [-0.4, -0.2) is 56.1 Å². The van der Waals surface area contributed by atoms with Gasteiger partial charge in [0.2, 0.25) is 0 Å². The van der Waals surface area contributed by atoms with Crippen LogP contribution < -0.4 is 10.1 Å². The summed E-state index contributed by atoms with van der Waals surface area (Å²) in [4.78, 5) is 7.71. The van der Waals surface area contributed by atoms with E-state index < -0.39 is 5.60 Å². The minimum Gasteiger partial charge on any atom is -0.496 e. The van der Waals surface area contributed by atoms with Crippen LogP contribution in [0.4, 0.5) is 0 Å². The summed E-state index contributed by atoms with van der Waals surface area (Å²) < 4.78 is 5.49. The van der Waals surface area contributed by atoms with Gasteiger partial charge in [0, 0.05) is 37.7 Å². The lowest BCUT2D eigenvalue weighted by Crippen LogP contribution is -2.43. The van der Waals surface area contributed by atoms with Gasteiger partial charge in [0.15, 0.2) is 0 Å². The molecule has 1 aliphatic heterocycles. The average Bonchev–Trinajstić information content (AvgIpc) is 2.96. The van der Waals surface area contributed by atoms with Crippen molar-refractivity contribution in [2.45, 2.75) is 37.3 Å². The van der Waals surface area contributed by atoms with E-state index in [9.17, 15) is 5.11 Å². The van der Waals surface area contributed by atoms with Gasteiger partial charge in [-0.1, -0.05) is 83.0 Å². The highest BCUT2D eigenvalue weighted by Gasteiger charge is 2.34. The molecule has 3 aromatic carbocycles. The molecular weight excluding hydrogens is 533 g/mol. The van der Waals surface area contributed by atoms with E-state index in [2.05, 4.69) is 15.4 Å². The zero-order valence-corrected chi connectivity index (χ0v) is 24.1. The third-order valence-electron chi connectivity index (χ3n) is 7.50. The molecule has 1 heterocycles. The third-order valence-corrected chi connectivity index (χ3v) is 8.24. The van der Waals surface area contributed by atoms with Crippen molar-refractivity contribution in [2.24, 2.45) is 5.16 Å². The first-order valence-corrected chi connectivity index (χ1v) is 14.1. The number of piperidine rings is 1. The van der Waals surface area contributed by atoms with Gasteiger partial charge in [-0.3, -0.25) is 0 Å². The van der Waals surface area contributed by atoms with Crippen molar-refractivity contribution >= 4 is 28.9 Å². The molecule has 0 aromatic heterocycles. The van der Waals surface area contributed by atoms with Crippen LogP contribution in [0.2, 0.25) is 10.0 Å². The van der Waals surface area contributed by atoms with Crippen molar-refractivity contribution in [2.75, 3.05) is 40.4 Å². The largest absolute Gasteiger partial charge is 0.496 e. The van der Waals surface area contributed by atoms with E-state index in [0.29, 0.717) is 36.0 Å². The normalized spacial score (nSPS) is 16.6. The Balaban J connectivity index is 1.45. The van der Waals surface area contributed by atoms with E-state index in [0.717, 1.165) is 54.2 Å². The number of hydrogen-bond donors (Lipinski definition) is 2. The maximum atomic E-state index is 11.3. The average molecular weight is 571 g/mol. The number of ether oxygens (including phenoxy) is 1. The lowest BCUT2D eigenvalue weighted by atomic mass is 9.84. The summed E-state index contributed by atoms with van der Waals surface area (Å²) in [5.74, 6) is 0.816. The van der Waals surface area contributed by atoms with E-state index >= 15 is 0 Å². The Kier molecular flexibility index (Phi) is 10.7. The van der Waals surface area contributed by atoms with Crippen LogP contribution in [0.1, 0.15) is 41.9 Å². The lowest BCUT2D eigenvalue weighted by molar-refractivity contribution is -0.0261. The van der Waals surface area contributed by atoms with E-state index in [4.69, 9.17) is 32.8 Å². The third kappa shape index (κ3) is 7.74. The maximum absolute atomic E-state index is 11.3. The number of para-hydroxylation sites is 1. The maximum Gasteiger partial charge on any atom is 0.123 e. The topological polar surface area (TPSA) is 66.3 Å². The van der Waals surface area contributed by atoms with Crippen molar-refractivity contribution < 1.29 is 14.7 Å². The summed E-state index contributed by atoms with van der Waals surface area (Å²) in [5, 5.41) is 20.2. The number of nitrogens with zero attached hydrogens (tertiary/aromatic N) is 2. The fourth-order valence-electron chi connectivity index (χ4n) is 5.26. The minimum absolute atomic E-state index is 0.0279. The summed E-state index contributed by atoms with van der Waals surface area (Å²) in [7, 11) is 3.25. The number of hydrogen-bond acceptors (Lipinski definition) is 6. The first-order valence-electron chi connectivity index (χ1n) is 13.3. The SMILES string of the molecule is CON=C(CNCc1ccccc1OC)C(CCN1CCC(O)(c2ccccc2)CC1)c1ccc(Cl)c(Cl)c1. The summed E-state index contributed by atoms with van der Waals surface area (Å²) >= 11 is 12.7. The van der Waals surface area contributed by atoms with E-state index in [1.54, 1.807) is 14.2 Å². The molecule has 6 nitrogen and oxygen atoms in total. The number of rotatable bonds is 12. The molecule has 39 heavy (non-hydrogen) atoms. The number of halogens is 2. The molecule has 0 spiro atoms. The molecule has 1 unspecified atom stereocenters. The molecular formula is C31H37Cl2N3O3. The first-order chi connectivity index (χ1) is 18.9. The highest BCUT2D eigenvalue weighted by atomic mass is 35.5. The summed E-state index contributed by atoms with van der Waals surface area (Å²) in [6.45, 7) is 3.66. The second-order valence-corrected chi connectivity index (χ2v) is 10.7. The zero-order valence-electron chi connectivity index (χ0n) is 22.6. The fraction of sp³-hybridized carbons (Fsp3) is 0.387. The standard InChI is InChI=1S/C31H37Cl2N3O3/c1-38-30-11-7-6-8-24(30)21-34-22-29(35-39-2)26(23-12-13-27(32)28(33)20-23)14-17-36-18-15-31(37,16-19-36)25-9-4-3-5-10-25/h3-13,20,26,34,37H,14-19,21-22H2,1-2H3. The van der Waals surface area contributed by atoms with Crippen LogP contribution >= 0.6 is 23.2 Å². The summed E-state index contributed by atoms with van der Waals surface area (Å²) in [6.07, 6.45) is 2.22. The molecule has 1 aliphatic rings. The van der Waals surface area contributed by atoms with Gasteiger partial charge in [-0.25, -0.2) is 0 Å². The van der Waals surface area contributed by atoms with Crippen LogP contribution in [0, 0.1) is 0 Å². The molecule has 0 saturated carbocycles. The zero-order chi connectivity index (χ0) is 27.7. The number of nitrogens with one attached hydrogen (secondary N) is 1. The monoisotopic (exact) mass is 569 g/mol. The number of likely N-dealkylation sites (tertiary alicyclic amines) is 1. The Hall–Kier alpha value is -2.61. The van der Waals surface area contributed by atoms with Gasteiger partial charge >= 0.3 is 0 Å². The van der Waals surface area contributed by atoms with E-state index in [1.807, 2.05) is 72.8 Å². The van der Waals surface area contributed by atoms with Gasteiger partial charge in [-0.05, 0) is 55.1 Å². The summed E-state index contributed by atoms with van der Waals surface area (Å²) in [5.41, 5.74) is 3.21. The van der Waals surface area contributed by atoms with E-state index in [1.165, 1.54) is 0 Å². The van der Waals surface area contributed by atoms with Crippen LogP contribution in [0.3, 0.4) is 0 Å². The van der Waals surface area contributed by atoms with Gasteiger partial charge in [-0.2, -0.15) is 0 Å². The van der Waals surface area contributed by atoms with Crippen molar-refractivity contribution in [3.05, 3.63) is 99.5 Å². The minimum atomic E-state index is -0.772. The Morgan fingerprint density at radius 1 is 1.00 bits per heavy atom. The molecule has 0 aliphatic carbocycles. The number of oxime groups is 1. The molecule has 1 atom stereocenters. The van der Waals surface area contributed by atoms with Gasteiger partial charge in [0.25, 0.3) is 0 Å². The Morgan fingerprint density at radius 2 is 1.72 bits per heavy atom. The molecule has 1 fully saturated rings. The number of benzene rings is 3. The second kappa shape index (κ2) is 14.1. The molecule has 208 valence electrons. The first kappa shape index (κ1) is 29.4. The quantitative estimate of drug-likeness (QED) is 0.199. The lowest BCUT2D eigenvalue weighted by Gasteiger charge is -2.39. The van der Waals surface area contributed by atoms with Crippen LogP contribution in [0.25, 0.3) is 0 Å². The Morgan fingerprint density at radius 3 is 2.41 bits per heavy atom. The van der Waals surface area contributed by atoms with Crippen LogP contribution in [0.5, 0.6) is 5.75 Å². The summed E-state index contributed by atoms with van der Waals surface area (Å²) in [6, 6.07) is 23.7. The molecule has 4 rings (SSSR count). The van der Waals surface area contributed by atoms with E-state index in [-0.39, 0.29) is 5.92 Å². The second-order valence-electron chi connectivity index (χ2n) is 9.93. The molecule has 0 amide bonds. The van der Waals surface area contributed by atoms with Gasteiger partial charge in [-0.15, -0.1) is 0 Å². The van der Waals surface area contributed by atoms with Crippen molar-refractivity contribution in [1.82, 2.24) is 10.2 Å². The Bertz CT molecular complexity index is 1230. The molecule has 0 bridgehead atoms. The number of aliphatic hydroxyl groups is 1. The van der Waals surface area contributed by atoms with Crippen molar-refractivity contribution in [3.63, 3.8) is 0 Å². The molecule has 0 radical (unpaired) electrons. The number of methoxy groups -OCH3 is 1. The predicted octanol–water partition coefficient (Wildman–Crippen LogP) is 6.25. The van der Waals surface area contributed by atoms with Crippen molar-refractivity contribution in [1.29, 1.82) is 0 Å². The Labute approximate surface area is 241 Å². The molecule has 3 aromatic rings.